The topological polar surface area (TPSA) is 0 Å². The molecule has 0 amide bonds. The average Bonchev–Trinajstić information content (AvgIpc) is 2.81. The summed E-state index contributed by atoms with van der Waals surface area (Å²) in [6, 6.07) is 0. The number of rotatable bonds is 5. The molecule has 1 aliphatic rings. The molecule has 1 nitrogen and oxygen atoms in total. The summed E-state index contributed by atoms with van der Waals surface area (Å²) in [5.41, 5.74) is 0.579. The van der Waals surface area contributed by atoms with E-state index in [1.807, 2.05) is 0 Å². The number of likely N-dealkylation sites (N-methyl/N-ethyl adjacent to an activating group) is 1. The third-order valence-corrected chi connectivity index (χ3v) is 4.03. The van der Waals surface area contributed by atoms with Crippen molar-refractivity contribution in [3.05, 3.63) is 0 Å². The molecule has 0 spiro atoms. The van der Waals surface area contributed by atoms with Crippen LogP contribution in [0, 0.1) is 0 Å². The molecule has 1 fully saturated rings. The van der Waals surface area contributed by atoms with Crippen molar-refractivity contribution in [3.63, 3.8) is 0 Å². The largest absolute Gasteiger partial charge is 0.312 e. The Hall–Kier alpha value is -0.0400. The summed E-state index contributed by atoms with van der Waals surface area (Å²) in [7, 11) is 2.42. The Morgan fingerprint density at radius 3 is 2.17 bits per heavy atom. The van der Waals surface area contributed by atoms with E-state index in [1.165, 1.54) is 43.3 Å². The molecule has 0 aromatic carbocycles. The van der Waals surface area contributed by atoms with E-state index in [4.69, 9.17) is 0 Å². The van der Waals surface area contributed by atoms with Gasteiger partial charge in [-0.3, -0.25) is 0 Å². The van der Waals surface area contributed by atoms with Crippen LogP contribution in [0.5, 0.6) is 0 Å². The van der Waals surface area contributed by atoms with Crippen molar-refractivity contribution in [2.24, 2.45) is 0 Å². The van der Waals surface area contributed by atoms with Crippen molar-refractivity contribution in [1.29, 1.82) is 0 Å². The van der Waals surface area contributed by atoms with Gasteiger partial charge in [0.2, 0.25) is 0 Å². The number of hydrogen-bond acceptors (Lipinski definition) is 0. The maximum Gasteiger partial charge on any atom is 0.129 e. The first-order chi connectivity index (χ1) is 5.58. The first-order valence-electron chi connectivity index (χ1n) is 5.42. The first kappa shape index (κ1) is 10.0. The van der Waals surface area contributed by atoms with Gasteiger partial charge in [0.1, 0.15) is 13.1 Å². The molecule has 0 aromatic rings. The third kappa shape index (κ3) is 1.66. The number of hydrogen-bond donors (Lipinski definition) is 0. The van der Waals surface area contributed by atoms with Crippen LogP contribution in [0.3, 0.4) is 0 Å². The highest BCUT2D eigenvalue weighted by Gasteiger charge is 2.51. The highest BCUT2D eigenvalue weighted by Crippen LogP contribution is 2.38. The van der Waals surface area contributed by atoms with Crippen molar-refractivity contribution >= 4 is 0 Å². The Labute approximate surface area is 77.4 Å². The molecule has 1 heteroatoms. The second kappa shape index (κ2) is 3.37. The molecular weight excluding hydrogens is 146 g/mol. The van der Waals surface area contributed by atoms with Crippen LogP contribution < -0.4 is 0 Å². The van der Waals surface area contributed by atoms with Gasteiger partial charge in [-0.15, -0.1) is 0 Å². The van der Waals surface area contributed by atoms with Crippen molar-refractivity contribution in [2.75, 3.05) is 20.1 Å². The maximum absolute atomic E-state index is 2.47. The van der Waals surface area contributed by atoms with Crippen LogP contribution in [0.1, 0.15) is 46.5 Å². The SMILES string of the molecule is CCCCC(C)(CC)[N+]1(C)CC1. The van der Waals surface area contributed by atoms with Crippen molar-refractivity contribution in [2.45, 2.75) is 52.0 Å². The number of nitrogens with zero attached hydrogens (tertiary/aromatic N) is 1. The zero-order valence-electron chi connectivity index (χ0n) is 9.19. The molecule has 0 N–H and O–H groups in total. The molecule has 0 bridgehead atoms. The lowest BCUT2D eigenvalue weighted by Crippen LogP contribution is -2.45. The lowest BCUT2D eigenvalue weighted by molar-refractivity contribution is -0.837. The van der Waals surface area contributed by atoms with E-state index < -0.39 is 0 Å². The van der Waals surface area contributed by atoms with Crippen LogP contribution in [0.15, 0.2) is 0 Å². The van der Waals surface area contributed by atoms with Crippen molar-refractivity contribution < 1.29 is 4.48 Å². The molecule has 1 rings (SSSR count). The van der Waals surface area contributed by atoms with E-state index in [0.717, 1.165) is 0 Å². The van der Waals surface area contributed by atoms with E-state index in [1.54, 1.807) is 0 Å². The standard InChI is InChI=1S/C11H24N/c1-5-7-8-11(3,6-2)12(4)9-10-12/h5-10H2,1-4H3/q+1. The highest BCUT2D eigenvalue weighted by atomic mass is 15.5. The zero-order chi connectivity index (χ0) is 9.24. The zero-order valence-corrected chi connectivity index (χ0v) is 9.19. The van der Waals surface area contributed by atoms with Crippen LogP contribution in [0.4, 0.5) is 0 Å². The first-order valence-corrected chi connectivity index (χ1v) is 5.42. The number of unbranched alkanes of at least 4 members (excludes halogenated alkanes) is 1. The van der Waals surface area contributed by atoms with Gasteiger partial charge in [0.15, 0.2) is 0 Å². The molecule has 1 aliphatic heterocycles. The Morgan fingerprint density at radius 1 is 1.25 bits per heavy atom. The molecule has 0 radical (unpaired) electrons. The van der Waals surface area contributed by atoms with Gasteiger partial charge >= 0.3 is 0 Å². The molecule has 0 saturated carbocycles. The Morgan fingerprint density at radius 2 is 1.83 bits per heavy atom. The third-order valence-electron chi connectivity index (χ3n) is 4.03. The fourth-order valence-corrected chi connectivity index (χ4v) is 2.08. The lowest BCUT2D eigenvalue weighted by Gasteiger charge is -2.35. The average molecular weight is 170 g/mol. The Kier molecular flexibility index (Phi) is 2.82. The van der Waals surface area contributed by atoms with Gasteiger partial charge < -0.3 is 4.48 Å². The minimum Gasteiger partial charge on any atom is -0.312 e. The van der Waals surface area contributed by atoms with E-state index in [2.05, 4.69) is 27.8 Å². The molecule has 1 heterocycles. The van der Waals surface area contributed by atoms with Crippen LogP contribution in [-0.2, 0) is 0 Å². The van der Waals surface area contributed by atoms with Gasteiger partial charge in [-0.05, 0) is 19.8 Å². The van der Waals surface area contributed by atoms with Crippen LogP contribution in [0.2, 0.25) is 0 Å². The van der Waals surface area contributed by atoms with Crippen molar-refractivity contribution in [3.8, 4) is 0 Å². The monoisotopic (exact) mass is 170 g/mol. The smallest absolute Gasteiger partial charge is 0.129 e. The Bertz CT molecular complexity index is 149. The molecule has 1 unspecified atom stereocenters. The summed E-state index contributed by atoms with van der Waals surface area (Å²) in [4.78, 5) is 0. The fourth-order valence-electron chi connectivity index (χ4n) is 2.08. The molecule has 12 heavy (non-hydrogen) atoms. The molecule has 1 saturated heterocycles. The van der Waals surface area contributed by atoms with Crippen LogP contribution in [0.25, 0.3) is 0 Å². The van der Waals surface area contributed by atoms with Gasteiger partial charge in [0.05, 0.1) is 12.6 Å². The second-order valence-electron chi connectivity index (χ2n) is 4.80. The minimum absolute atomic E-state index is 0.579. The van der Waals surface area contributed by atoms with E-state index in [0.29, 0.717) is 5.54 Å². The summed E-state index contributed by atoms with van der Waals surface area (Å²) in [6.07, 6.45) is 5.49. The summed E-state index contributed by atoms with van der Waals surface area (Å²) in [6.45, 7) is 9.92. The fraction of sp³-hybridized carbons (Fsp3) is 1.00. The quantitative estimate of drug-likeness (QED) is 0.439. The van der Waals surface area contributed by atoms with Crippen LogP contribution in [-0.4, -0.2) is 30.2 Å². The normalized spacial score (nSPS) is 25.0. The molecule has 0 aromatic heterocycles. The van der Waals surface area contributed by atoms with E-state index >= 15 is 0 Å². The van der Waals surface area contributed by atoms with Crippen molar-refractivity contribution in [1.82, 2.24) is 0 Å². The van der Waals surface area contributed by atoms with Gasteiger partial charge in [-0.25, -0.2) is 0 Å². The van der Waals surface area contributed by atoms with Gasteiger partial charge in [-0.2, -0.15) is 0 Å². The second-order valence-corrected chi connectivity index (χ2v) is 4.80. The molecule has 0 aliphatic carbocycles. The maximum atomic E-state index is 2.47. The molecular formula is C11H24N+. The number of quaternary nitrogens is 1. The molecule has 72 valence electrons. The van der Waals surface area contributed by atoms with Gasteiger partial charge in [0.25, 0.3) is 0 Å². The predicted molar refractivity (Wildman–Crippen MR) is 54.1 cm³/mol. The lowest BCUT2D eigenvalue weighted by atomic mass is 9.90. The molecule has 1 atom stereocenters. The summed E-state index contributed by atoms with van der Waals surface area (Å²) < 4.78 is 1.34. The Balaban J connectivity index is 2.50. The van der Waals surface area contributed by atoms with Crippen LogP contribution >= 0.6 is 0 Å². The van der Waals surface area contributed by atoms with E-state index in [-0.39, 0.29) is 0 Å². The summed E-state index contributed by atoms with van der Waals surface area (Å²) in [5.74, 6) is 0. The predicted octanol–water partition coefficient (Wildman–Crippen LogP) is 2.81. The minimum atomic E-state index is 0.579. The summed E-state index contributed by atoms with van der Waals surface area (Å²) in [5, 5.41) is 0. The van der Waals surface area contributed by atoms with Gasteiger partial charge in [0, 0.05) is 6.42 Å². The summed E-state index contributed by atoms with van der Waals surface area (Å²) >= 11 is 0. The van der Waals surface area contributed by atoms with Gasteiger partial charge in [-0.1, -0.05) is 20.3 Å². The van der Waals surface area contributed by atoms with E-state index in [9.17, 15) is 0 Å². The highest BCUT2D eigenvalue weighted by molar-refractivity contribution is 4.79.